The molecule has 2 aliphatic carbocycles. The second-order valence-corrected chi connectivity index (χ2v) is 8.28. The molecule has 0 radical (unpaired) electrons. The molecule has 0 spiro atoms. The van der Waals surface area contributed by atoms with Crippen LogP contribution in [-0.4, -0.2) is 29.8 Å². The lowest BCUT2D eigenvalue weighted by Crippen LogP contribution is -2.28. The first-order chi connectivity index (χ1) is 15.2. The van der Waals surface area contributed by atoms with E-state index in [9.17, 15) is 9.59 Å². The van der Waals surface area contributed by atoms with Gasteiger partial charge in [0.05, 0.1) is 18.1 Å². The second-order valence-electron chi connectivity index (χ2n) is 8.28. The molecule has 4 aliphatic rings. The van der Waals surface area contributed by atoms with Gasteiger partial charge in [-0.15, -0.1) is 0 Å². The summed E-state index contributed by atoms with van der Waals surface area (Å²) in [6.45, 7) is 0.613. The Kier molecular flexibility index (Phi) is 4.09. The third-order valence-electron chi connectivity index (χ3n) is 6.47. The molecule has 2 aromatic rings. The normalized spacial score (nSPS) is 27.5. The summed E-state index contributed by atoms with van der Waals surface area (Å²) in [5.41, 5.74) is 1.72. The van der Waals surface area contributed by atoms with Gasteiger partial charge in [0.25, 0.3) is 11.8 Å². The Morgan fingerprint density at radius 3 is 2.58 bits per heavy atom. The molecule has 2 aliphatic heterocycles. The highest BCUT2D eigenvalue weighted by atomic mass is 16.7. The maximum Gasteiger partial charge on any atom is 0.254 e. The van der Waals surface area contributed by atoms with Crippen molar-refractivity contribution in [2.45, 2.75) is 13.0 Å². The largest absolute Gasteiger partial charge is 0.489 e. The topological polar surface area (TPSA) is 77.4 Å². The standard InChI is InChI=1S/C24H20N2O5/c27-23-21-16-5-6-17(10-16)22(21)24(28)26(23)25-11-14-2-1-3-18(8-14)29-12-15-4-7-19-20(9-15)31-13-30-19/h1-9,11,16-17,21-22H,10,12-13H2/t16-,17-,21-,22+/m0/s1. The third kappa shape index (κ3) is 3.00. The highest BCUT2D eigenvalue weighted by molar-refractivity contribution is 6.06. The summed E-state index contributed by atoms with van der Waals surface area (Å²) < 4.78 is 16.6. The van der Waals surface area contributed by atoms with Gasteiger partial charge in [0.1, 0.15) is 12.4 Å². The number of carbonyl (C=O) groups excluding carboxylic acids is 2. The van der Waals surface area contributed by atoms with E-state index in [4.69, 9.17) is 14.2 Å². The van der Waals surface area contributed by atoms with Crippen molar-refractivity contribution in [3.8, 4) is 17.2 Å². The molecule has 0 aromatic heterocycles. The van der Waals surface area contributed by atoms with Crippen LogP contribution >= 0.6 is 0 Å². The van der Waals surface area contributed by atoms with Crippen molar-refractivity contribution in [2.75, 3.05) is 6.79 Å². The Morgan fingerprint density at radius 2 is 1.77 bits per heavy atom. The van der Waals surface area contributed by atoms with Crippen LogP contribution in [0.25, 0.3) is 0 Å². The maximum atomic E-state index is 12.7. The fourth-order valence-electron chi connectivity index (χ4n) is 5.01. The van der Waals surface area contributed by atoms with Crippen LogP contribution in [0.5, 0.6) is 17.2 Å². The van der Waals surface area contributed by atoms with Crippen molar-refractivity contribution in [3.63, 3.8) is 0 Å². The molecule has 1 saturated heterocycles. The molecule has 2 amide bonds. The number of benzene rings is 2. The summed E-state index contributed by atoms with van der Waals surface area (Å²) in [6.07, 6.45) is 6.60. The zero-order chi connectivity index (χ0) is 20.9. The highest BCUT2D eigenvalue weighted by Gasteiger charge is 2.59. The first-order valence-corrected chi connectivity index (χ1v) is 10.4. The van der Waals surface area contributed by atoms with Gasteiger partial charge in [-0.1, -0.05) is 30.4 Å². The molecule has 31 heavy (non-hydrogen) atoms. The van der Waals surface area contributed by atoms with E-state index >= 15 is 0 Å². The van der Waals surface area contributed by atoms with E-state index < -0.39 is 0 Å². The van der Waals surface area contributed by atoms with Crippen LogP contribution in [0.1, 0.15) is 17.5 Å². The number of allylic oxidation sites excluding steroid dienone is 2. The number of nitrogens with zero attached hydrogens (tertiary/aromatic N) is 2. The second kappa shape index (κ2) is 6.97. The fourth-order valence-corrected chi connectivity index (χ4v) is 5.01. The molecule has 6 rings (SSSR count). The molecule has 2 heterocycles. The van der Waals surface area contributed by atoms with Crippen molar-refractivity contribution in [3.05, 3.63) is 65.7 Å². The Bertz CT molecular complexity index is 1110. The number of imide groups is 1. The molecule has 7 nitrogen and oxygen atoms in total. The van der Waals surface area contributed by atoms with Gasteiger partial charge in [0, 0.05) is 0 Å². The van der Waals surface area contributed by atoms with Crippen LogP contribution in [0.15, 0.2) is 59.7 Å². The minimum atomic E-state index is -0.240. The van der Waals surface area contributed by atoms with E-state index in [-0.39, 0.29) is 42.3 Å². The SMILES string of the molecule is O=C1[C@@H]2[C@H](C(=O)N1N=Cc1cccc(OCc3ccc4c(c3)OCO4)c1)[C@H]1C=C[C@H]2C1. The van der Waals surface area contributed by atoms with E-state index in [1.807, 2.05) is 42.5 Å². The molecule has 2 fully saturated rings. The summed E-state index contributed by atoms with van der Waals surface area (Å²) in [5.74, 6) is 1.64. The predicted molar refractivity (Wildman–Crippen MR) is 111 cm³/mol. The molecule has 4 atom stereocenters. The Hall–Kier alpha value is -3.61. The monoisotopic (exact) mass is 416 g/mol. The highest BCUT2D eigenvalue weighted by Crippen LogP contribution is 2.52. The van der Waals surface area contributed by atoms with Crippen molar-refractivity contribution < 1.29 is 23.8 Å². The molecule has 7 heteroatoms. The number of amides is 2. The fraction of sp³-hybridized carbons (Fsp3) is 0.292. The first kappa shape index (κ1) is 18.2. The van der Waals surface area contributed by atoms with Crippen LogP contribution in [-0.2, 0) is 16.2 Å². The van der Waals surface area contributed by atoms with E-state index in [1.165, 1.54) is 0 Å². The Balaban J connectivity index is 1.13. The van der Waals surface area contributed by atoms with E-state index in [2.05, 4.69) is 17.3 Å². The van der Waals surface area contributed by atoms with E-state index in [0.717, 1.165) is 34.1 Å². The summed E-state index contributed by atoms with van der Waals surface area (Å²) in [7, 11) is 0. The Morgan fingerprint density at radius 1 is 1.00 bits per heavy atom. The number of carbonyl (C=O) groups is 2. The lowest BCUT2D eigenvalue weighted by atomic mass is 9.85. The number of ether oxygens (including phenoxy) is 3. The smallest absolute Gasteiger partial charge is 0.254 e. The molecule has 156 valence electrons. The van der Waals surface area contributed by atoms with E-state index in [1.54, 1.807) is 6.21 Å². The zero-order valence-corrected chi connectivity index (χ0v) is 16.6. The number of rotatable bonds is 5. The summed E-state index contributed by atoms with van der Waals surface area (Å²) in [6, 6.07) is 13.1. The first-order valence-electron chi connectivity index (χ1n) is 10.4. The van der Waals surface area contributed by atoms with Crippen LogP contribution < -0.4 is 14.2 Å². The van der Waals surface area contributed by atoms with Crippen LogP contribution in [0.4, 0.5) is 0 Å². The minimum Gasteiger partial charge on any atom is -0.489 e. The molecule has 2 aromatic carbocycles. The summed E-state index contributed by atoms with van der Waals surface area (Å²) in [5, 5.41) is 5.29. The lowest BCUT2D eigenvalue weighted by molar-refractivity contribution is -0.140. The number of hydrogen-bond donors (Lipinski definition) is 0. The number of hydrogen-bond acceptors (Lipinski definition) is 6. The van der Waals surface area contributed by atoms with Crippen LogP contribution in [0.3, 0.4) is 0 Å². The number of hydrazone groups is 1. The number of fused-ring (bicyclic) bond motifs is 6. The zero-order valence-electron chi connectivity index (χ0n) is 16.6. The van der Waals surface area contributed by atoms with Gasteiger partial charge >= 0.3 is 0 Å². The van der Waals surface area contributed by atoms with Gasteiger partial charge in [-0.3, -0.25) is 9.59 Å². The third-order valence-corrected chi connectivity index (χ3v) is 6.47. The average Bonchev–Trinajstić information content (AvgIpc) is 3.56. The molecule has 1 saturated carbocycles. The van der Waals surface area contributed by atoms with Crippen molar-refractivity contribution in [1.29, 1.82) is 0 Å². The lowest BCUT2D eigenvalue weighted by Gasteiger charge is -2.13. The van der Waals surface area contributed by atoms with Gasteiger partial charge in [0.15, 0.2) is 11.5 Å². The summed E-state index contributed by atoms with van der Waals surface area (Å²) >= 11 is 0. The Labute approximate surface area is 178 Å². The van der Waals surface area contributed by atoms with Gasteiger partial charge in [-0.05, 0) is 53.6 Å². The minimum absolute atomic E-state index is 0.180. The van der Waals surface area contributed by atoms with Crippen molar-refractivity contribution >= 4 is 18.0 Å². The van der Waals surface area contributed by atoms with Gasteiger partial charge in [0.2, 0.25) is 6.79 Å². The van der Waals surface area contributed by atoms with Gasteiger partial charge in [-0.2, -0.15) is 10.1 Å². The molecule has 0 N–H and O–H groups in total. The average molecular weight is 416 g/mol. The molecule has 0 unspecified atom stereocenters. The predicted octanol–water partition coefficient (Wildman–Crippen LogP) is 3.14. The molecular formula is C24H20N2O5. The summed E-state index contributed by atoms with van der Waals surface area (Å²) in [4.78, 5) is 25.5. The van der Waals surface area contributed by atoms with Gasteiger partial charge in [-0.25, -0.2) is 0 Å². The van der Waals surface area contributed by atoms with Crippen LogP contribution in [0, 0.1) is 23.7 Å². The molecular weight excluding hydrogens is 396 g/mol. The van der Waals surface area contributed by atoms with E-state index in [0.29, 0.717) is 12.4 Å². The van der Waals surface area contributed by atoms with Gasteiger partial charge < -0.3 is 14.2 Å². The van der Waals surface area contributed by atoms with Crippen molar-refractivity contribution in [2.24, 2.45) is 28.8 Å². The maximum absolute atomic E-state index is 12.7. The van der Waals surface area contributed by atoms with Crippen LogP contribution in [0.2, 0.25) is 0 Å². The molecule has 2 bridgehead atoms. The van der Waals surface area contributed by atoms with Crippen molar-refractivity contribution in [1.82, 2.24) is 5.01 Å². The quantitative estimate of drug-likeness (QED) is 0.425.